The second-order valence-electron chi connectivity index (χ2n) is 2.69. The lowest BCUT2D eigenvalue weighted by molar-refractivity contribution is 0.628. The summed E-state index contributed by atoms with van der Waals surface area (Å²) in [6.07, 6.45) is 0. The summed E-state index contributed by atoms with van der Waals surface area (Å²) in [4.78, 5) is 0. The average Bonchev–Trinajstić information content (AvgIpc) is 2.08. The molecule has 1 aromatic carbocycles. The van der Waals surface area contributed by atoms with E-state index in [9.17, 15) is 4.39 Å². The lowest BCUT2D eigenvalue weighted by Gasteiger charge is -2.08. The molecule has 1 aromatic rings. The van der Waals surface area contributed by atoms with Crippen LogP contribution >= 0.6 is 11.6 Å². The summed E-state index contributed by atoms with van der Waals surface area (Å²) in [5.74, 6) is -0.476. The minimum Gasteiger partial charge on any atom is -0.387 e. The fourth-order valence-electron chi connectivity index (χ4n) is 1.06. The third-order valence-electron chi connectivity index (χ3n) is 1.73. The van der Waals surface area contributed by atoms with Crippen LogP contribution in [0.25, 0.3) is 0 Å². The van der Waals surface area contributed by atoms with E-state index >= 15 is 0 Å². The van der Waals surface area contributed by atoms with Crippen molar-refractivity contribution in [3.63, 3.8) is 0 Å². The Morgan fingerprint density at radius 3 is 2.62 bits per heavy atom. The fourth-order valence-corrected chi connectivity index (χ4v) is 1.23. The lowest BCUT2D eigenvalue weighted by atomic mass is 10.1. The Morgan fingerprint density at radius 1 is 1.54 bits per heavy atom. The summed E-state index contributed by atoms with van der Waals surface area (Å²) in [6, 6.07) is 2.74. The number of hydrogen-bond acceptors (Lipinski definition) is 2. The highest BCUT2D eigenvalue weighted by Crippen LogP contribution is 2.24. The van der Waals surface area contributed by atoms with Crippen molar-refractivity contribution >= 4 is 23.0 Å². The first-order valence-corrected chi connectivity index (χ1v) is 4.16. The number of hydrogen-bond donors (Lipinski definition) is 2. The molecule has 0 aliphatic carbocycles. The average molecular weight is 201 g/mol. The van der Waals surface area contributed by atoms with Gasteiger partial charge in [0.2, 0.25) is 0 Å². The second-order valence-corrected chi connectivity index (χ2v) is 3.09. The van der Waals surface area contributed by atoms with Crippen LogP contribution in [0.15, 0.2) is 12.1 Å². The lowest BCUT2D eigenvalue weighted by Crippen LogP contribution is -2.01. The first-order valence-electron chi connectivity index (χ1n) is 3.78. The van der Waals surface area contributed by atoms with Crippen LogP contribution in [-0.2, 0) is 0 Å². The molecular formula is C9H10ClFN2. The van der Waals surface area contributed by atoms with Crippen molar-refractivity contribution in [3.8, 4) is 0 Å². The molecule has 0 amide bonds. The van der Waals surface area contributed by atoms with E-state index in [4.69, 9.17) is 17.0 Å². The number of benzene rings is 1. The maximum absolute atomic E-state index is 13.0. The molecule has 0 aliphatic heterocycles. The molecule has 70 valence electrons. The van der Waals surface area contributed by atoms with Gasteiger partial charge in [-0.15, -0.1) is 0 Å². The van der Waals surface area contributed by atoms with Gasteiger partial charge in [-0.3, -0.25) is 0 Å². The predicted molar refractivity (Wildman–Crippen MR) is 53.5 cm³/mol. The smallest absolute Gasteiger partial charge is 0.143 e. The Kier molecular flexibility index (Phi) is 2.88. The zero-order valence-corrected chi connectivity index (χ0v) is 8.17. The monoisotopic (exact) mass is 200 g/mol. The minimum atomic E-state index is -0.476. The van der Waals surface area contributed by atoms with Gasteiger partial charge >= 0.3 is 0 Å². The van der Waals surface area contributed by atoms with Crippen molar-refractivity contribution in [1.82, 2.24) is 0 Å². The maximum atomic E-state index is 13.0. The second kappa shape index (κ2) is 3.75. The SMILES string of the molecule is CNc1cc(F)c(Cl)cc1C(C)=N. The molecule has 0 saturated carbocycles. The van der Waals surface area contributed by atoms with E-state index in [1.165, 1.54) is 12.1 Å². The zero-order chi connectivity index (χ0) is 10.0. The highest BCUT2D eigenvalue weighted by Gasteiger charge is 2.08. The normalized spacial score (nSPS) is 9.85. The van der Waals surface area contributed by atoms with Gasteiger partial charge in [-0.05, 0) is 19.1 Å². The molecule has 0 aromatic heterocycles. The minimum absolute atomic E-state index is 0.0422. The summed E-state index contributed by atoms with van der Waals surface area (Å²) in [7, 11) is 1.68. The highest BCUT2D eigenvalue weighted by molar-refractivity contribution is 6.31. The van der Waals surface area contributed by atoms with Crippen LogP contribution in [0.1, 0.15) is 12.5 Å². The molecule has 2 N–H and O–H groups in total. The Morgan fingerprint density at radius 2 is 2.15 bits per heavy atom. The van der Waals surface area contributed by atoms with Crippen LogP contribution in [-0.4, -0.2) is 12.8 Å². The first kappa shape index (κ1) is 9.99. The van der Waals surface area contributed by atoms with E-state index in [0.717, 1.165) is 0 Å². The molecule has 0 radical (unpaired) electrons. The molecule has 1 rings (SSSR count). The van der Waals surface area contributed by atoms with Crippen LogP contribution in [0.3, 0.4) is 0 Å². The highest BCUT2D eigenvalue weighted by atomic mass is 35.5. The Bertz CT molecular complexity index is 350. The molecule has 0 aliphatic rings. The Hall–Kier alpha value is -1.09. The van der Waals surface area contributed by atoms with E-state index in [0.29, 0.717) is 17.0 Å². The Balaban J connectivity index is 3.33. The van der Waals surface area contributed by atoms with Gasteiger partial charge < -0.3 is 10.7 Å². The topological polar surface area (TPSA) is 35.9 Å². The molecule has 0 heterocycles. The predicted octanol–water partition coefficient (Wildman–Crippen LogP) is 2.91. The molecule has 4 heteroatoms. The molecule has 0 saturated heterocycles. The summed E-state index contributed by atoms with van der Waals surface area (Å²) >= 11 is 5.59. The largest absolute Gasteiger partial charge is 0.387 e. The van der Waals surface area contributed by atoms with Gasteiger partial charge in [-0.25, -0.2) is 4.39 Å². The number of rotatable bonds is 2. The number of halogens is 2. The summed E-state index contributed by atoms with van der Waals surface area (Å²) in [5.41, 5.74) is 1.55. The maximum Gasteiger partial charge on any atom is 0.143 e. The fraction of sp³-hybridized carbons (Fsp3) is 0.222. The molecule has 0 bridgehead atoms. The van der Waals surface area contributed by atoms with E-state index in [1.807, 2.05) is 0 Å². The molecule has 0 fully saturated rings. The third-order valence-corrected chi connectivity index (χ3v) is 2.02. The van der Waals surface area contributed by atoms with Crippen LogP contribution in [0.4, 0.5) is 10.1 Å². The van der Waals surface area contributed by atoms with Gasteiger partial charge in [0, 0.05) is 24.0 Å². The van der Waals surface area contributed by atoms with Crippen molar-refractivity contribution in [2.24, 2.45) is 0 Å². The standard InChI is InChI=1S/C9H10ClFN2/c1-5(12)6-3-7(10)8(11)4-9(6)13-2/h3-4,12-13H,1-2H3. The molecule has 0 spiro atoms. The molecule has 0 atom stereocenters. The van der Waals surface area contributed by atoms with Gasteiger partial charge in [0.15, 0.2) is 0 Å². The van der Waals surface area contributed by atoms with Gasteiger partial charge in [0.25, 0.3) is 0 Å². The van der Waals surface area contributed by atoms with Gasteiger partial charge in [-0.1, -0.05) is 11.6 Å². The molecule has 0 unspecified atom stereocenters. The van der Waals surface area contributed by atoms with Gasteiger partial charge in [0.1, 0.15) is 5.82 Å². The van der Waals surface area contributed by atoms with E-state index in [1.54, 1.807) is 14.0 Å². The van der Waals surface area contributed by atoms with Gasteiger partial charge in [-0.2, -0.15) is 0 Å². The van der Waals surface area contributed by atoms with Crippen molar-refractivity contribution in [1.29, 1.82) is 5.41 Å². The molecular weight excluding hydrogens is 191 g/mol. The van der Waals surface area contributed by atoms with E-state index < -0.39 is 5.82 Å². The van der Waals surface area contributed by atoms with Crippen molar-refractivity contribution in [3.05, 3.63) is 28.5 Å². The van der Waals surface area contributed by atoms with E-state index in [2.05, 4.69) is 5.32 Å². The Labute approximate surface area is 81.2 Å². The van der Waals surface area contributed by atoms with Crippen LogP contribution in [0, 0.1) is 11.2 Å². The summed E-state index contributed by atoms with van der Waals surface area (Å²) < 4.78 is 13.0. The summed E-state index contributed by atoms with van der Waals surface area (Å²) in [5, 5.41) is 10.3. The summed E-state index contributed by atoms with van der Waals surface area (Å²) in [6.45, 7) is 1.63. The van der Waals surface area contributed by atoms with Gasteiger partial charge in [0.05, 0.1) is 5.02 Å². The number of anilines is 1. The first-order chi connectivity index (χ1) is 6.06. The molecule has 2 nitrogen and oxygen atoms in total. The van der Waals surface area contributed by atoms with E-state index in [-0.39, 0.29) is 5.02 Å². The van der Waals surface area contributed by atoms with Crippen molar-refractivity contribution in [2.45, 2.75) is 6.92 Å². The molecule has 13 heavy (non-hydrogen) atoms. The quantitative estimate of drug-likeness (QED) is 0.708. The van der Waals surface area contributed by atoms with Crippen LogP contribution in [0.2, 0.25) is 5.02 Å². The third kappa shape index (κ3) is 1.98. The van der Waals surface area contributed by atoms with Crippen molar-refractivity contribution < 1.29 is 4.39 Å². The van der Waals surface area contributed by atoms with Crippen molar-refractivity contribution in [2.75, 3.05) is 12.4 Å². The van der Waals surface area contributed by atoms with Crippen LogP contribution in [0.5, 0.6) is 0 Å². The van der Waals surface area contributed by atoms with Crippen LogP contribution < -0.4 is 5.32 Å². The zero-order valence-electron chi connectivity index (χ0n) is 7.41. The number of nitrogens with one attached hydrogen (secondary N) is 2.